The lowest BCUT2D eigenvalue weighted by Crippen LogP contribution is -2.18. The van der Waals surface area contributed by atoms with Crippen LogP contribution in [0.5, 0.6) is 11.5 Å². The molecule has 1 aromatic rings. The Kier molecular flexibility index (Phi) is 4.86. The number of hydrogen-bond donors (Lipinski definition) is 2. The van der Waals surface area contributed by atoms with E-state index in [1.54, 1.807) is 19.2 Å². The lowest BCUT2D eigenvalue weighted by atomic mass is 10.1. The number of rotatable bonds is 5. The highest BCUT2D eigenvalue weighted by Crippen LogP contribution is 2.39. The maximum atomic E-state index is 9.99. The molecule has 4 nitrogen and oxygen atoms in total. The second kappa shape index (κ2) is 5.94. The summed E-state index contributed by atoms with van der Waals surface area (Å²) in [5, 5.41) is 13.3. The summed E-state index contributed by atoms with van der Waals surface area (Å²) in [6.07, 6.45) is -0.728. The number of halogens is 1. The molecule has 90 valence electrons. The molecule has 0 radical (unpaired) electrons. The zero-order chi connectivity index (χ0) is 12.1. The molecule has 0 aliphatic rings. The Bertz CT molecular complexity index is 357. The molecule has 1 rings (SSSR count). The standard InChI is InChI=1S/C11H16ClNO3/c1-13-6-8(14)10-9(15-2)5-4-7(12)11(10)16-3/h4-5,8,13-14H,6H2,1-3H3. The van der Waals surface area contributed by atoms with Crippen molar-refractivity contribution < 1.29 is 14.6 Å². The fraction of sp³-hybridized carbons (Fsp3) is 0.455. The van der Waals surface area contributed by atoms with Gasteiger partial charge in [0.25, 0.3) is 0 Å². The second-order valence-electron chi connectivity index (χ2n) is 3.27. The number of aliphatic hydroxyl groups is 1. The largest absolute Gasteiger partial charge is 0.496 e. The van der Waals surface area contributed by atoms with Crippen LogP contribution in [0.25, 0.3) is 0 Å². The van der Waals surface area contributed by atoms with E-state index in [1.807, 2.05) is 0 Å². The van der Waals surface area contributed by atoms with Gasteiger partial charge in [-0.25, -0.2) is 0 Å². The van der Waals surface area contributed by atoms with Crippen LogP contribution in [0.1, 0.15) is 11.7 Å². The Morgan fingerprint density at radius 2 is 2.06 bits per heavy atom. The predicted octanol–water partition coefficient (Wildman–Crippen LogP) is 1.61. The highest BCUT2D eigenvalue weighted by atomic mass is 35.5. The van der Waals surface area contributed by atoms with E-state index in [1.165, 1.54) is 14.2 Å². The van der Waals surface area contributed by atoms with Gasteiger partial charge >= 0.3 is 0 Å². The SMILES string of the molecule is CNCC(O)c1c(OC)ccc(Cl)c1OC. The topological polar surface area (TPSA) is 50.7 Å². The molecule has 2 N–H and O–H groups in total. The highest BCUT2D eigenvalue weighted by molar-refractivity contribution is 6.32. The molecule has 0 fully saturated rings. The van der Waals surface area contributed by atoms with Crippen molar-refractivity contribution in [1.82, 2.24) is 5.32 Å². The predicted molar refractivity (Wildman–Crippen MR) is 63.4 cm³/mol. The van der Waals surface area contributed by atoms with E-state index < -0.39 is 6.10 Å². The van der Waals surface area contributed by atoms with Crippen molar-refractivity contribution in [2.75, 3.05) is 27.8 Å². The normalized spacial score (nSPS) is 12.3. The van der Waals surface area contributed by atoms with Gasteiger partial charge in [-0.05, 0) is 19.2 Å². The Morgan fingerprint density at radius 3 is 2.56 bits per heavy atom. The number of likely N-dealkylation sites (N-methyl/N-ethyl adjacent to an activating group) is 1. The average Bonchev–Trinajstić information content (AvgIpc) is 2.28. The van der Waals surface area contributed by atoms with E-state index in [-0.39, 0.29) is 0 Å². The first kappa shape index (κ1) is 13.1. The van der Waals surface area contributed by atoms with Gasteiger partial charge in [0.1, 0.15) is 11.5 Å². The first-order chi connectivity index (χ1) is 7.65. The molecule has 0 aliphatic carbocycles. The van der Waals surface area contributed by atoms with Crippen molar-refractivity contribution in [3.8, 4) is 11.5 Å². The van der Waals surface area contributed by atoms with Crippen LogP contribution in [-0.4, -0.2) is 32.9 Å². The smallest absolute Gasteiger partial charge is 0.147 e. The Balaban J connectivity index is 3.24. The third-order valence-corrected chi connectivity index (χ3v) is 2.56. The van der Waals surface area contributed by atoms with E-state index in [4.69, 9.17) is 21.1 Å². The Labute approximate surface area is 100 Å². The minimum absolute atomic E-state index is 0.396. The van der Waals surface area contributed by atoms with E-state index in [0.29, 0.717) is 28.6 Å². The van der Waals surface area contributed by atoms with Crippen LogP contribution in [0, 0.1) is 0 Å². The molecule has 1 aromatic carbocycles. The maximum Gasteiger partial charge on any atom is 0.147 e. The van der Waals surface area contributed by atoms with Crippen molar-refractivity contribution in [3.05, 3.63) is 22.7 Å². The Hall–Kier alpha value is -0.970. The van der Waals surface area contributed by atoms with Crippen molar-refractivity contribution in [2.45, 2.75) is 6.10 Å². The molecule has 0 heterocycles. The molecule has 0 bridgehead atoms. The molecule has 0 saturated carbocycles. The summed E-state index contributed by atoms with van der Waals surface area (Å²) in [6, 6.07) is 3.38. The van der Waals surface area contributed by atoms with Crippen LogP contribution in [0.2, 0.25) is 5.02 Å². The van der Waals surface area contributed by atoms with Gasteiger partial charge in [-0.1, -0.05) is 11.6 Å². The minimum atomic E-state index is -0.728. The van der Waals surface area contributed by atoms with Crippen LogP contribution >= 0.6 is 11.6 Å². The molecule has 1 atom stereocenters. The quantitative estimate of drug-likeness (QED) is 0.828. The lowest BCUT2D eigenvalue weighted by molar-refractivity contribution is 0.169. The summed E-state index contributed by atoms with van der Waals surface area (Å²) >= 11 is 5.99. The summed E-state index contributed by atoms with van der Waals surface area (Å²) in [5.74, 6) is 1.01. The van der Waals surface area contributed by atoms with E-state index >= 15 is 0 Å². The number of methoxy groups -OCH3 is 2. The van der Waals surface area contributed by atoms with Gasteiger partial charge in [-0.2, -0.15) is 0 Å². The molecule has 1 unspecified atom stereocenters. The van der Waals surface area contributed by atoms with Gasteiger partial charge in [-0.15, -0.1) is 0 Å². The van der Waals surface area contributed by atoms with E-state index in [2.05, 4.69) is 5.32 Å². The lowest BCUT2D eigenvalue weighted by Gasteiger charge is -2.18. The van der Waals surface area contributed by atoms with Gasteiger partial charge in [0, 0.05) is 6.54 Å². The number of ether oxygens (including phenoxy) is 2. The first-order valence-electron chi connectivity index (χ1n) is 4.88. The van der Waals surface area contributed by atoms with E-state index in [9.17, 15) is 5.11 Å². The van der Waals surface area contributed by atoms with Gasteiger partial charge in [-0.3, -0.25) is 0 Å². The van der Waals surface area contributed by atoms with Crippen LogP contribution in [0.3, 0.4) is 0 Å². The van der Waals surface area contributed by atoms with Crippen LogP contribution in [0.15, 0.2) is 12.1 Å². The van der Waals surface area contributed by atoms with Gasteiger partial charge in [0.15, 0.2) is 0 Å². The molecular formula is C11H16ClNO3. The van der Waals surface area contributed by atoms with Gasteiger partial charge < -0.3 is 19.9 Å². The molecule has 0 spiro atoms. The zero-order valence-electron chi connectivity index (χ0n) is 9.58. The minimum Gasteiger partial charge on any atom is -0.496 e. The number of aliphatic hydroxyl groups excluding tert-OH is 1. The zero-order valence-corrected chi connectivity index (χ0v) is 10.3. The summed E-state index contributed by atoms with van der Waals surface area (Å²) in [6.45, 7) is 0.396. The number of hydrogen-bond acceptors (Lipinski definition) is 4. The van der Waals surface area contributed by atoms with Crippen molar-refractivity contribution in [2.24, 2.45) is 0 Å². The fourth-order valence-electron chi connectivity index (χ4n) is 1.55. The average molecular weight is 246 g/mol. The van der Waals surface area contributed by atoms with Gasteiger partial charge in [0.05, 0.1) is 30.9 Å². The fourth-order valence-corrected chi connectivity index (χ4v) is 1.79. The van der Waals surface area contributed by atoms with Crippen LogP contribution < -0.4 is 14.8 Å². The third-order valence-electron chi connectivity index (χ3n) is 2.26. The second-order valence-corrected chi connectivity index (χ2v) is 3.68. The highest BCUT2D eigenvalue weighted by Gasteiger charge is 2.20. The van der Waals surface area contributed by atoms with Crippen molar-refractivity contribution in [1.29, 1.82) is 0 Å². The molecule has 0 saturated heterocycles. The maximum absolute atomic E-state index is 9.99. The van der Waals surface area contributed by atoms with Crippen molar-refractivity contribution in [3.63, 3.8) is 0 Å². The summed E-state index contributed by atoms with van der Waals surface area (Å²) < 4.78 is 10.4. The molecule has 0 aliphatic heterocycles. The molecule has 0 amide bonds. The Morgan fingerprint density at radius 1 is 1.38 bits per heavy atom. The van der Waals surface area contributed by atoms with E-state index in [0.717, 1.165) is 0 Å². The molecule has 0 aromatic heterocycles. The third kappa shape index (κ3) is 2.58. The summed E-state index contributed by atoms with van der Waals surface area (Å²) in [7, 11) is 4.81. The molecule has 5 heteroatoms. The number of nitrogens with one attached hydrogen (secondary N) is 1. The monoisotopic (exact) mass is 245 g/mol. The summed E-state index contributed by atoms with van der Waals surface area (Å²) in [4.78, 5) is 0. The number of benzene rings is 1. The van der Waals surface area contributed by atoms with Crippen LogP contribution in [-0.2, 0) is 0 Å². The van der Waals surface area contributed by atoms with Crippen molar-refractivity contribution >= 4 is 11.6 Å². The first-order valence-corrected chi connectivity index (χ1v) is 5.26. The van der Waals surface area contributed by atoms with Crippen LogP contribution in [0.4, 0.5) is 0 Å². The molecule has 16 heavy (non-hydrogen) atoms. The van der Waals surface area contributed by atoms with Gasteiger partial charge in [0.2, 0.25) is 0 Å². The summed E-state index contributed by atoms with van der Waals surface area (Å²) in [5.41, 5.74) is 0.562. The molecular weight excluding hydrogens is 230 g/mol.